The molecule has 3 rings (SSSR count). The lowest BCUT2D eigenvalue weighted by Gasteiger charge is -2.41. The van der Waals surface area contributed by atoms with E-state index in [1.807, 2.05) is 12.1 Å². The third kappa shape index (κ3) is 4.42. The number of pyridine rings is 1. The molecule has 1 aliphatic heterocycles. The van der Waals surface area contributed by atoms with Gasteiger partial charge >= 0.3 is 0 Å². The number of para-hydroxylation sites is 1. The van der Waals surface area contributed by atoms with Gasteiger partial charge in [-0.1, -0.05) is 23.8 Å². The second kappa shape index (κ2) is 8.72. The molecule has 0 aliphatic carbocycles. The van der Waals surface area contributed by atoms with Gasteiger partial charge in [0.1, 0.15) is 17.1 Å². The van der Waals surface area contributed by atoms with E-state index in [2.05, 4.69) is 48.8 Å². The van der Waals surface area contributed by atoms with Crippen LogP contribution >= 0.6 is 0 Å². The number of hydrogen-bond donors (Lipinski definition) is 1. The number of benzene rings is 1. The van der Waals surface area contributed by atoms with Crippen molar-refractivity contribution in [2.75, 3.05) is 44.8 Å². The van der Waals surface area contributed by atoms with Gasteiger partial charge in [-0.25, -0.2) is 4.98 Å². The van der Waals surface area contributed by atoms with Crippen LogP contribution in [0.25, 0.3) is 10.9 Å². The third-order valence-electron chi connectivity index (χ3n) is 5.34. The standard InChI is InChI=1S/C22H31N3O2/c1-16(2)8-10-24-11-12-25(15-18(24)9-13-26)21-14-17(3)19-6-5-7-20(27-4)22(19)23-21/h5-8,14,18,26H,9-13,15H2,1-4H3/t18-/m0/s1. The molecule has 0 spiro atoms. The van der Waals surface area contributed by atoms with Crippen LogP contribution in [0.1, 0.15) is 25.8 Å². The summed E-state index contributed by atoms with van der Waals surface area (Å²) < 4.78 is 5.53. The predicted molar refractivity (Wildman–Crippen MR) is 112 cm³/mol. The number of fused-ring (bicyclic) bond motifs is 1. The Morgan fingerprint density at radius 1 is 1.33 bits per heavy atom. The van der Waals surface area contributed by atoms with Gasteiger partial charge in [0, 0.05) is 44.2 Å². The largest absolute Gasteiger partial charge is 0.494 e. The number of hydrogen-bond acceptors (Lipinski definition) is 5. The van der Waals surface area contributed by atoms with Crippen molar-refractivity contribution in [2.24, 2.45) is 0 Å². The number of aliphatic hydroxyl groups is 1. The maximum atomic E-state index is 9.53. The molecule has 0 unspecified atom stereocenters. The molecule has 1 saturated heterocycles. The zero-order chi connectivity index (χ0) is 19.4. The molecule has 1 atom stereocenters. The maximum absolute atomic E-state index is 9.53. The molecule has 1 aliphatic rings. The van der Waals surface area contributed by atoms with Crippen molar-refractivity contribution in [3.63, 3.8) is 0 Å². The van der Waals surface area contributed by atoms with Gasteiger partial charge in [0.15, 0.2) is 0 Å². The Bertz CT molecular complexity index is 815. The zero-order valence-electron chi connectivity index (χ0n) is 16.9. The second-order valence-electron chi connectivity index (χ2n) is 7.54. The summed E-state index contributed by atoms with van der Waals surface area (Å²) in [6.07, 6.45) is 3.05. The van der Waals surface area contributed by atoms with Gasteiger partial charge in [-0.2, -0.15) is 0 Å². The Balaban J connectivity index is 1.87. The van der Waals surface area contributed by atoms with Crippen LogP contribution in [0.5, 0.6) is 5.75 Å². The lowest BCUT2D eigenvalue weighted by molar-refractivity contribution is 0.155. The summed E-state index contributed by atoms with van der Waals surface area (Å²) in [5.41, 5.74) is 3.46. The fourth-order valence-electron chi connectivity index (χ4n) is 3.76. The first kappa shape index (κ1) is 19.6. The lowest BCUT2D eigenvalue weighted by atomic mass is 10.1. The molecule has 1 aromatic carbocycles. The minimum atomic E-state index is 0.210. The molecule has 2 heterocycles. The Hall–Kier alpha value is -2.11. The summed E-state index contributed by atoms with van der Waals surface area (Å²) in [5, 5.41) is 10.7. The van der Waals surface area contributed by atoms with Gasteiger partial charge in [-0.15, -0.1) is 0 Å². The van der Waals surface area contributed by atoms with Crippen molar-refractivity contribution in [2.45, 2.75) is 33.2 Å². The number of nitrogens with zero attached hydrogens (tertiary/aromatic N) is 3. The summed E-state index contributed by atoms with van der Waals surface area (Å²) in [6.45, 7) is 10.3. The van der Waals surface area contributed by atoms with Crippen LogP contribution in [0.3, 0.4) is 0 Å². The Morgan fingerprint density at radius 2 is 2.15 bits per heavy atom. The van der Waals surface area contributed by atoms with Gasteiger partial charge in [0.25, 0.3) is 0 Å². The third-order valence-corrected chi connectivity index (χ3v) is 5.34. The van der Waals surface area contributed by atoms with Crippen LogP contribution < -0.4 is 9.64 Å². The van der Waals surface area contributed by atoms with E-state index in [0.717, 1.165) is 55.1 Å². The summed E-state index contributed by atoms with van der Waals surface area (Å²) in [4.78, 5) is 9.74. The number of aliphatic hydroxyl groups excluding tert-OH is 1. The van der Waals surface area contributed by atoms with Crippen LogP contribution in [0.4, 0.5) is 5.82 Å². The lowest BCUT2D eigenvalue weighted by Crippen LogP contribution is -2.53. The van der Waals surface area contributed by atoms with Crippen LogP contribution in [0, 0.1) is 6.92 Å². The molecule has 2 aromatic rings. The molecule has 1 fully saturated rings. The molecular weight excluding hydrogens is 338 g/mol. The normalized spacial score (nSPS) is 18.0. The van der Waals surface area contributed by atoms with Crippen LogP contribution in [-0.2, 0) is 0 Å². The molecule has 0 saturated carbocycles. The molecule has 5 nitrogen and oxygen atoms in total. The highest BCUT2D eigenvalue weighted by molar-refractivity contribution is 5.88. The van der Waals surface area contributed by atoms with Crippen molar-refractivity contribution >= 4 is 16.7 Å². The highest BCUT2D eigenvalue weighted by Crippen LogP contribution is 2.30. The predicted octanol–water partition coefficient (Wildman–Crippen LogP) is 3.39. The minimum Gasteiger partial charge on any atom is -0.494 e. The van der Waals surface area contributed by atoms with Crippen LogP contribution in [0.15, 0.2) is 35.9 Å². The molecule has 0 amide bonds. The van der Waals surface area contributed by atoms with E-state index in [4.69, 9.17) is 9.72 Å². The summed E-state index contributed by atoms with van der Waals surface area (Å²) in [7, 11) is 1.69. The van der Waals surface area contributed by atoms with E-state index in [1.165, 1.54) is 11.1 Å². The zero-order valence-corrected chi connectivity index (χ0v) is 16.9. The summed E-state index contributed by atoms with van der Waals surface area (Å²) in [5.74, 6) is 1.81. The SMILES string of the molecule is COc1cccc2c(C)cc(N3CCN(CC=C(C)C)[C@@H](CCO)C3)nc12. The van der Waals surface area contributed by atoms with E-state index in [0.29, 0.717) is 6.04 Å². The number of rotatable bonds is 6. The smallest absolute Gasteiger partial charge is 0.145 e. The van der Waals surface area contributed by atoms with E-state index in [-0.39, 0.29) is 6.61 Å². The molecular formula is C22H31N3O2. The van der Waals surface area contributed by atoms with E-state index in [1.54, 1.807) is 7.11 Å². The summed E-state index contributed by atoms with van der Waals surface area (Å²) >= 11 is 0. The fraction of sp³-hybridized carbons (Fsp3) is 0.500. The van der Waals surface area contributed by atoms with Crippen LogP contribution in [0.2, 0.25) is 0 Å². The first-order valence-corrected chi connectivity index (χ1v) is 9.71. The highest BCUT2D eigenvalue weighted by atomic mass is 16.5. The van der Waals surface area contributed by atoms with E-state index in [9.17, 15) is 5.11 Å². The van der Waals surface area contributed by atoms with Gasteiger partial charge < -0.3 is 14.7 Å². The maximum Gasteiger partial charge on any atom is 0.145 e. The molecule has 27 heavy (non-hydrogen) atoms. The second-order valence-corrected chi connectivity index (χ2v) is 7.54. The monoisotopic (exact) mass is 369 g/mol. The number of piperazine rings is 1. The van der Waals surface area contributed by atoms with Gasteiger partial charge in [0.05, 0.1) is 7.11 Å². The van der Waals surface area contributed by atoms with Crippen molar-refractivity contribution in [3.8, 4) is 5.75 Å². The van der Waals surface area contributed by atoms with Crippen LogP contribution in [-0.4, -0.2) is 60.9 Å². The van der Waals surface area contributed by atoms with Gasteiger partial charge in [0.2, 0.25) is 0 Å². The van der Waals surface area contributed by atoms with Crippen molar-refractivity contribution in [3.05, 3.63) is 41.5 Å². The van der Waals surface area contributed by atoms with Gasteiger partial charge in [-0.05, 0) is 44.9 Å². The topological polar surface area (TPSA) is 48.8 Å². The number of aromatic nitrogens is 1. The average Bonchev–Trinajstić information content (AvgIpc) is 2.66. The van der Waals surface area contributed by atoms with Crippen molar-refractivity contribution in [1.82, 2.24) is 9.88 Å². The molecule has 1 N–H and O–H groups in total. The summed E-state index contributed by atoms with van der Waals surface area (Å²) in [6, 6.07) is 8.56. The number of allylic oxidation sites excluding steroid dienone is 1. The number of methoxy groups -OCH3 is 1. The average molecular weight is 370 g/mol. The molecule has 146 valence electrons. The fourth-order valence-corrected chi connectivity index (χ4v) is 3.76. The first-order valence-electron chi connectivity index (χ1n) is 9.71. The highest BCUT2D eigenvalue weighted by Gasteiger charge is 2.27. The van der Waals surface area contributed by atoms with E-state index < -0.39 is 0 Å². The number of aryl methyl sites for hydroxylation is 1. The first-order chi connectivity index (χ1) is 13.0. The van der Waals surface area contributed by atoms with E-state index >= 15 is 0 Å². The Morgan fingerprint density at radius 3 is 2.85 bits per heavy atom. The number of anilines is 1. The van der Waals surface area contributed by atoms with Gasteiger partial charge in [-0.3, -0.25) is 4.90 Å². The Kier molecular flexibility index (Phi) is 6.34. The molecule has 1 aromatic heterocycles. The molecule has 0 radical (unpaired) electrons. The molecule has 5 heteroatoms. The Labute approximate surface area is 162 Å². The minimum absolute atomic E-state index is 0.210. The number of ether oxygens (including phenoxy) is 1. The quantitative estimate of drug-likeness (QED) is 0.791. The van der Waals surface area contributed by atoms with Crippen molar-refractivity contribution < 1.29 is 9.84 Å². The molecule has 0 bridgehead atoms. The van der Waals surface area contributed by atoms with Crippen molar-refractivity contribution in [1.29, 1.82) is 0 Å².